The third kappa shape index (κ3) is 3.75. The van der Waals surface area contributed by atoms with Gasteiger partial charge in [0.05, 0.1) is 35.6 Å². The molecule has 34 heavy (non-hydrogen) atoms. The van der Waals surface area contributed by atoms with Crippen molar-refractivity contribution < 1.29 is 19.1 Å². The molecule has 13 heteroatoms. The SMILES string of the molecule is C=C1N[C@H]2[C@H](CN3C(=O)c4ccccc4C3=O)N=C(NC(=O)OCC(Cl)(Cl)Cl)N3CC=C[C@]23N1. The second-order valence-electron chi connectivity index (χ2n) is 8.17. The zero-order valence-electron chi connectivity index (χ0n) is 17.6. The highest BCUT2D eigenvalue weighted by Gasteiger charge is 2.57. The summed E-state index contributed by atoms with van der Waals surface area (Å²) in [5, 5.41) is 9.15. The number of hydrogen-bond acceptors (Lipinski definition) is 8. The molecule has 1 spiro atoms. The zero-order chi connectivity index (χ0) is 24.3. The summed E-state index contributed by atoms with van der Waals surface area (Å²) in [5.74, 6) is -0.0587. The molecule has 5 rings (SSSR count). The number of ether oxygens (including phenoxy) is 1. The summed E-state index contributed by atoms with van der Waals surface area (Å²) in [4.78, 5) is 46.0. The monoisotopic (exact) mass is 524 g/mol. The van der Waals surface area contributed by atoms with E-state index < -0.39 is 40.0 Å². The molecule has 0 radical (unpaired) electrons. The zero-order valence-corrected chi connectivity index (χ0v) is 19.8. The van der Waals surface area contributed by atoms with Gasteiger partial charge in [0.1, 0.15) is 6.61 Å². The Morgan fingerprint density at radius 1 is 1.26 bits per heavy atom. The van der Waals surface area contributed by atoms with Crippen molar-refractivity contribution in [3.8, 4) is 0 Å². The summed E-state index contributed by atoms with van der Waals surface area (Å²) >= 11 is 17.0. The van der Waals surface area contributed by atoms with E-state index >= 15 is 0 Å². The van der Waals surface area contributed by atoms with Crippen LogP contribution in [-0.2, 0) is 4.74 Å². The highest BCUT2D eigenvalue weighted by atomic mass is 35.6. The van der Waals surface area contributed by atoms with Crippen molar-refractivity contribution in [1.82, 2.24) is 25.8 Å². The number of guanidine groups is 1. The number of nitrogens with one attached hydrogen (secondary N) is 3. The molecule has 1 aromatic rings. The number of carbonyl (C=O) groups is 3. The summed E-state index contributed by atoms with van der Waals surface area (Å²) in [6.45, 7) is 3.92. The first-order chi connectivity index (χ1) is 16.1. The minimum Gasteiger partial charge on any atom is -0.445 e. The van der Waals surface area contributed by atoms with Gasteiger partial charge < -0.3 is 20.3 Å². The number of nitrogens with zero attached hydrogens (tertiary/aromatic N) is 3. The van der Waals surface area contributed by atoms with Crippen molar-refractivity contribution in [3.05, 3.63) is 59.9 Å². The Morgan fingerprint density at radius 2 is 1.94 bits per heavy atom. The van der Waals surface area contributed by atoms with Gasteiger partial charge in [0.2, 0.25) is 9.75 Å². The summed E-state index contributed by atoms with van der Waals surface area (Å²) in [6.07, 6.45) is 2.98. The maximum absolute atomic E-state index is 13.0. The fourth-order valence-electron chi connectivity index (χ4n) is 4.68. The van der Waals surface area contributed by atoms with Gasteiger partial charge in [0.15, 0.2) is 5.66 Å². The molecule has 4 aliphatic rings. The van der Waals surface area contributed by atoms with E-state index in [9.17, 15) is 14.4 Å². The van der Waals surface area contributed by atoms with E-state index in [4.69, 9.17) is 39.5 Å². The maximum Gasteiger partial charge on any atom is 0.414 e. The molecule has 0 bridgehead atoms. The van der Waals surface area contributed by atoms with Crippen LogP contribution < -0.4 is 16.0 Å². The van der Waals surface area contributed by atoms with Crippen LogP contribution >= 0.6 is 34.8 Å². The van der Waals surface area contributed by atoms with Crippen LogP contribution in [0.2, 0.25) is 0 Å². The Morgan fingerprint density at radius 3 is 2.59 bits per heavy atom. The van der Waals surface area contributed by atoms with Crippen LogP contribution in [0, 0.1) is 0 Å². The lowest BCUT2D eigenvalue weighted by molar-refractivity contribution is 0.0617. The number of halogens is 3. The molecule has 1 fully saturated rings. The number of amides is 3. The van der Waals surface area contributed by atoms with Crippen molar-refractivity contribution in [2.45, 2.75) is 21.5 Å². The average Bonchev–Trinajstić information content (AvgIpc) is 3.42. The van der Waals surface area contributed by atoms with Crippen LogP contribution in [0.5, 0.6) is 0 Å². The van der Waals surface area contributed by atoms with Gasteiger partial charge in [-0.2, -0.15) is 0 Å². The largest absolute Gasteiger partial charge is 0.445 e. The van der Waals surface area contributed by atoms with Crippen LogP contribution in [0.3, 0.4) is 0 Å². The first kappa shape index (κ1) is 22.8. The number of aliphatic imine (C=N–C) groups is 1. The molecular weight excluding hydrogens is 507 g/mol. The van der Waals surface area contributed by atoms with Gasteiger partial charge in [0, 0.05) is 6.54 Å². The minimum absolute atomic E-state index is 0.0171. The molecule has 0 aromatic heterocycles. The van der Waals surface area contributed by atoms with Gasteiger partial charge in [-0.25, -0.2) is 9.79 Å². The van der Waals surface area contributed by atoms with Crippen molar-refractivity contribution >= 4 is 58.7 Å². The topological polar surface area (TPSA) is 115 Å². The number of hydrogen-bond donors (Lipinski definition) is 3. The van der Waals surface area contributed by atoms with E-state index in [1.807, 2.05) is 17.1 Å². The summed E-state index contributed by atoms with van der Waals surface area (Å²) in [7, 11) is 0. The first-order valence-electron chi connectivity index (χ1n) is 10.3. The van der Waals surface area contributed by atoms with Gasteiger partial charge in [0.25, 0.3) is 11.8 Å². The van der Waals surface area contributed by atoms with E-state index in [-0.39, 0.29) is 18.5 Å². The van der Waals surface area contributed by atoms with Gasteiger partial charge in [-0.3, -0.25) is 19.8 Å². The number of alkyl carbamates (subject to hydrolysis) is 1. The third-order valence-electron chi connectivity index (χ3n) is 6.02. The lowest BCUT2D eigenvalue weighted by Crippen LogP contribution is -2.70. The Labute approximate surface area is 209 Å². The summed E-state index contributed by atoms with van der Waals surface area (Å²) < 4.78 is 3.22. The molecule has 3 amide bonds. The van der Waals surface area contributed by atoms with Gasteiger partial charge in [-0.15, -0.1) is 0 Å². The predicted octanol–water partition coefficient (Wildman–Crippen LogP) is 1.72. The molecule has 1 saturated heterocycles. The molecule has 3 atom stereocenters. The minimum atomic E-state index is -1.77. The average molecular weight is 526 g/mol. The summed E-state index contributed by atoms with van der Waals surface area (Å²) in [6, 6.07) is 5.64. The quantitative estimate of drug-likeness (QED) is 0.313. The molecule has 0 aliphatic carbocycles. The van der Waals surface area contributed by atoms with Crippen LogP contribution in [0.25, 0.3) is 0 Å². The third-order valence-corrected chi connectivity index (χ3v) is 6.35. The molecule has 3 N–H and O–H groups in total. The van der Waals surface area contributed by atoms with Crippen molar-refractivity contribution in [3.63, 3.8) is 0 Å². The molecule has 178 valence electrons. The predicted molar refractivity (Wildman–Crippen MR) is 126 cm³/mol. The van der Waals surface area contributed by atoms with Crippen molar-refractivity contribution in [1.29, 1.82) is 0 Å². The number of carbonyl (C=O) groups excluding carboxylic acids is 3. The van der Waals surface area contributed by atoms with Gasteiger partial charge in [-0.05, 0) is 18.2 Å². The molecule has 10 nitrogen and oxygen atoms in total. The number of benzene rings is 1. The summed E-state index contributed by atoms with van der Waals surface area (Å²) in [5.41, 5.74) is -0.125. The fraction of sp³-hybridized carbons (Fsp3) is 0.333. The Kier molecular flexibility index (Phi) is 5.42. The van der Waals surface area contributed by atoms with Crippen molar-refractivity contribution in [2.24, 2.45) is 4.99 Å². The highest BCUT2D eigenvalue weighted by Crippen LogP contribution is 2.36. The molecule has 1 aromatic carbocycles. The molecular formula is C21H19Cl3N6O4. The molecule has 4 aliphatic heterocycles. The number of rotatable bonds is 3. The highest BCUT2D eigenvalue weighted by molar-refractivity contribution is 6.67. The molecule has 4 heterocycles. The normalized spacial score (nSPS) is 27.0. The molecule has 0 saturated carbocycles. The van der Waals surface area contributed by atoms with E-state index in [0.717, 1.165) is 0 Å². The maximum atomic E-state index is 13.0. The number of imide groups is 1. The Balaban J connectivity index is 1.44. The van der Waals surface area contributed by atoms with Crippen LogP contribution in [0.4, 0.5) is 4.79 Å². The second-order valence-corrected chi connectivity index (χ2v) is 10.7. The molecule has 0 unspecified atom stereocenters. The lowest BCUT2D eigenvalue weighted by Gasteiger charge is -2.46. The van der Waals surface area contributed by atoms with Crippen molar-refractivity contribution in [2.75, 3.05) is 19.7 Å². The van der Waals surface area contributed by atoms with Gasteiger partial charge in [-0.1, -0.05) is 59.6 Å². The van der Waals surface area contributed by atoms with Crippen LogP contribution in [0.1, 0.15) is 20.7 Å². The Hall–Kier alpha value is -2.95. The van der Waals surface area contributed by atoms with Crippen LogP contribution in [-0.4, -0.2) is 74.9 Å². The lowest BCUT2D eigenvalue weighted by atomic mass is 9.92. The van der Waals surface area contributed by atoms with E-state index in [1.165, 1.54) is 4.90 Å². The second kappa shape index (κ2) is 8.07. The van der Waals surface area contributed by atoms with E-state index in [0.29, 0.717) is 23.5 Å². The van der Waals surface area contributed by atoms with E-state index in [2.05, 4.69) is 27.5 Å². The smallest absolute Gasteiger partial charge is 0.414 e. The fourth-order valence-corrected chi connectivity index (χ4v) is 4.84. The number of alkyl halides is 3. The van der Waals surface area contributed by atoms with Gasteiger partial charge >= 0.3 is 6.09 Å². The Bertz CT molecular complexity index is 1130. The number of fused-ring (bicyclic) bond motifs is 1. The standard InChI is InChI=1S/C21H19Cl3N6O4/c1-11-25-15-14(9-29-16(31)12-5-2-3-6-13(12)17(29)32)26-18(27-19(33)34-10-21(22,23)24)30-8-4-7-20(15,30)28-11/h2-7,14-15,25,28H,1,8-10H2,(H,26,27,33)/t14-,15-,20+/m0/s1. The first-order valence-corrected chi connectivity index (χ1v) is 11.4. The van der Waals surface area contributed by atoms with Crippen LogP contribution in [0.15, 0.2) is 53.8 Å². The van der Waals surface area contributed by atoms with E-state index in [1.54, 1.807) is 24.3 Å².